The Morgan fingerprint density at radius 1 is 1.22 bits per heavy atom. The number of hydrogen-bond acceptors (Lipinski definition) is 4. The van der Waals surface area contributed by atoms with Gasteiger partial charge in [0.05, 0.1) is 6.61 Å². The number of benzene rings is 1. The number of fused-ring (bicyclic) bond motifs is 1. The highest BCUT2D eigenvalue weighted by Gasteiger charge is 2.22. The van der Waals surface area contributed by atoms with Gasteiger partial charge in [-0.1, -0.05) is 35.2 Å². The number of aliphatic hydroxyl groups is 1. The number of aliphatic hydroxyl groups excluding tert-OH is 1. The zero-order valence-electron chi connectivity index (χ0n) is 13.1. The standard InChI is InChI=1S/C18H22BrNO3/c19-14-6-7-16-13(10-18(22)23-17(16)11-14)12-20(8-9-21)15-4-2-1-3-5-15/h6-7,10-11,15,21H,1-5,8-9,12H2. The van der Waals surface area contributed by atoms with Crippen LogP contribution in [0.2, 0.25) is 0 Å². The summed E-state index contributed by atoms with van der Waals surface area (Å²) in [7, 11) is 0. The van der Waals surface area contributed by atoms with E-state index in [1.807, 2.05) is 18.2 Å². The topological polar surface area (TPSA) is 53.7 Å². The van der Waals surface area contributed by atoms with Crippen LogP contribution in [0.4, 0.5) is 0 Å². The zero-order chi connectivity index (χ0) is 16.2. The van der Waals surface area contributed by atoms with E-state index in [2.05, 4.69) is 20.8 Å². The Hall–Kier alpha value is -1.17. The first-order valence-corrected chi connectivity index (χ1v) is 9.04. The van der Waals surface area contributed by atoms with E-state index >= 15 is 0 Å². The van der Waals surface area contributed by atoms with Crippen molar-refractivity contribution in [3.8, 4) is 0 Å². The first-order chi connectivity index (χ1) is 11.2. The Balaban J connectivity index is 1.92. The van der Waals surface area contributed by atoms with Crippen molar-refractivity contribution in [2.75, 3.05) is 13.2 Å². The lowest BCUT2D eigenvalue weighted by atomic mass is 9.93. The van der Waals surface area contributed by atoms with Crippen LogP contribution >= 0.6 is 15.9 Å². The Bertz CT molecular complexity index is 722. The fraction of sp³-hybridized carbons (Fsp3) is 0.500. The number of rotatable bonds is 5. The second-order valence-corrected chi connectivity index (χ2v) is 7.13. The van der Waals surface area contributed by atoms with Crippen LogP contribution in [-0.2, 0) is 6.54 Å². The van der Waals surface area contributed by atoms with Crippen LogP contribution in [0.3, 0.4) is 0 Å². The molecule has 1 fully saturated rings. The number of nitrogens with zero attached hydrogens (tertiary/aromatic N) is 1. The van der Waals surface area contributed by atoms with Gasteiger partial charge in [-0.3, -0.25) is 4.90 Å². The summed E-state index contributed by atoms with van der Waals surface area (Å²) in [5.41, 5.74) is 1.26. The molecule has 0 amide bonds. The summed E-state index contributed by atoms with van der Waals surface area (Å²) in [5.74, 6) is 0. The molecule has 1 aliphatic rings. The van der Waals surface area contributed by atoms with Crippen LogP contribution in [0.15, 0.2) is 37.9 Å². The molecule has 1 aromatic heterocycles. The minimum absolute atomic E-state index is 0.140. The molecule has 0 saturated heterocycles. The fourth-order valence-corrected chi connectivity index (χ4v) is 3.86. The molecule has 0 aliphatic heterocycles. The van der Waals surface area contributed by atoms with Gasteiger partial charge in [-0.2, -0.15) is 0 Å². The molecule has 1 N–H and O–H groups in total. The van der Waals surface area contributed by atoms with Crippen LogP contribution in [0.25, 0.3) is 11.0 Å². The van der Waals surface area contributed by atoms with Crippen molar-refractivity contribution in [3.05, 3.63) is 44.7 Å². The molecule has 23 heavy (non-hydrogen) atoms. The maximum Gasteiger partial charge on any atom is 0.336 e. The minimum Gasteiger partial charge on any atom is -0.423 e. The summed E-state index contributed by atoms with van der Waals surface area (Å²) in [6.07, 6.45) is 6.14. The van der Waals surface area contributed by atoms with E-state index in [1.165, 1.54) is 32.1 Å². The van der Waals surface area contributed by atoms with E-state index in [0.717, 1.165) is 15.4 Å². The molecule has 0 unspecified atom stereocenters. The first-order valence-electron chi connectivity index (χ1n) is 8.24. The quantitative estimate of drug-likeness (QED) is 0.804. The maximum atomic E-state index is 11.9. The van der Waals surface area contributed by atoms with Crippen molar-refractivity contribution in [1.29, 1.82) is 0 Å². The predicted molar refractivity (Wildman–Crippen MR) is 94.6 cm³/mol. The molecule has 124 valence electrons. The van der Waals surface area contributed by atoms with Crippen LogP contribution in [0.5, 0.6) is 0 Å². The van der Waals surface area contributed by atoms with Crippen molar-refractivity contribution >= 4 is 26.9 Å². The van der Waals surface area contributed by atoms with Crippen molar-refractivity contribution in [1.82, 2.24) is 4.90 Å². The molecule has 1 saturated carbocycles. The minimum atomic E-state index is -0.321. The third-order valence-corrected chi connectivity index (χ3v) is 5.14. The van der Waals surface area contributed by atoms with Crippen LogP contribution in [-0.4, -0.2) is 29.2 Å². The van der Waals surface area contributed by atoms with E-state index in [0.29, 0.717) is 24.7 Å². The van der Waals surface area contributed by atoms with E-state index < -0.39 is 0 Å². The van der Waals surface area contributed by atoms with Gasteiger partial charge in [0.1, 0.15) is 5.58 Å². The van der Waals surface area contributed by atoms with Gasteiger partial charge in [0, 0.05) is 35.1 Å². The third kappa shape index (κ3) is 4.03. The van der Waals surface area contributed by atoms with Crippen molar-refractivity contribution < 1.29 is 9.52 Å². The second-order valence-electron chi connectivity index (χ2n) is 6.22. The fourth-order valence-electron chi connectivity index (χ4n) is 3.52. The molecule has 0 atom stereocenters. The maximum absolute atomic E-state index is 11.9. The molecule has 4 nitrogen and oxygen atoms in total. The van der Waals surface area contributed by atoms with Crippen LogP contribution < -0.4 is 5.63 Å². The van der Waals surface area contributed by atoms with Gasteiger partial charge in [0.15, 0.2) is 0 Å². The Kier molecular flexibility index (Phi) is 5.51. The lowest BCUT2D eigenvalue weighted by Gasteiger charge is -2.34. The van der Waals surface area contributed by atoms with Gasteiger partial charge in [0.2, 0.25) is 0 Å². The van der Waals surface area contributed by atoms with Gasteiger partial charge in [-0.25, -0.2) is 4.79 Å². The van der Waals surface area contributed by atoms with Crippen molar-refractivity contribution in [3.63, 3.8) is 0 Å². The first kappa shape index (κ1) is 16.7. The molecule has 3 rings (SSSR count). The summed E-state index contributed by atoms with van der Waals surface area (Å²) in [4.78, 5) is 14.2. The molecule has 2 aromatic rings. The lowest BCUT2D eigenvalue weighted by Crippen LogP contribution is -2.38. The molecule has 0 spiro atoms. The molecule has 1 aliphatic carbocycles. The van der Waals surface area contributed by atoms with Crippen LogP contribution in [0.1, 0.15) is 37.7 Å². The van der Waals surface area contributed by atoms with Gasteiger partial charge in [0.25, 0.3) is 0 Å². The molecule has 0 radical (unpaired) electrons. The van der Waals surface area contributed by atoms with Gasteiger partial charge >= 0.3 is 5.63 Å². The summed E-state index contributed by atoms with van der Waals surface area (Å²) in [6, 6.07) is 7.85. The Morgan fingerprint density at radius 2 is 2.00 bits per heavy atom. The van der Waals surface area contributed by atoms with E-state index in [4.69, 9.17) is 4.42 Å². The number of hydrogen-bond donors (Lipinski definition) is 1. The molecular formula is C18H22BrNO3. The van der Waals surface area contributed by atoms with Gasteiger partial charge in [-0.05, 0) is 36.6 Å². The summed E-state index contributed by atoms with van der Waals surface area (Å²) in [5, 5.41) is 10.4. The summed E-state index contributed by atoms with van der Waals surface area (Å²) in [6.45, 7) is 1.46. The van der Waals surface area contributed by atoms with E-state index in [9.17, 15) is 9.90 Å². The van der Waals surface area contributed by atoms with Gasteiger partial charge < -0.3 is 9.52 Å². The molecule has 0 bridgehead atoms. The second kappa shape index (κ2) is 7.60. The third-order valence-electron chi connectivity index (χ3n) is 4.64. The molecule has 1 heterocycles. The van der Waals surface area contributed by atoms with Crippen molar-refractivity contribution in [2.24, 2.45) is 0 Å². The lowest BCUT2D eigenvalue weighted by molar-refractivity contribution is 0.117. The highest BCUT2D eigenvalue weighted by atomic mass is 79.9. The Labute approximate surface area is 144 Å². The SMILES string of the molecule is O=c1cc(CN(CCO)C2CCCCC2)c2ccc(Br)cc2o1. The molecule has 5 heteroatoms. The molecular weight excluding hydrogens is 358 g/mol. The Morgan fingerprint density at radius 3 is 2.74 bits per heavy atom. The van der Waals surface area contributed by atoms with Crippen molar-refractivity contribution in [2.45, 2.75) is 44.7 Å². The summed E-state index contributed by atoms with van der Waals surface area (Å²) >= 11 is 3.41. The van der Waals surface area contributed by atoms with E-state index in [1.54, 1.807) is 6.07 Å². The van der Waals surface area contributed by atoms with Crippen LogP contribution in [0, 0.1) is 0 Å². The molecule has 1 aromatic carbocycles. The largest absolute Gasteiger partial charge is 0.423 e. The predicted octanol–water partition coefficient (Wildman–Crippen LogP) is 3.68. The summed E-state index contributed by atoms with van der Waals surface area (Å²) < 4.78 is 6.21. The highest BCUT2D eigenvalue weighted by Crippen LogP contribution is 2.26. The number of halogens is 1. The van der Waals surface area contributed by atoms with E-state index in [-0.39, 0.29) is 12.2 Å². The highest BCUT2D eigenvalue weighted by molar-refractivity contribution is 9.10. The average molecular weight is 380 g/mol. The normalized spacial score (nSPS) is 16.3. The smallest absolute Gasteiger partial charge is 0.336 e. The monoisotopic (exact) mass is 379 g/mol. The zero-order valence-corrected chi connectivity index (χ0v) is 14.7. The average Bonchev–Trinajstić information content (AvgIpc) is 2.54. The van der Waals surface area contributed by atoms with Gasteiger partial charge in [-0.15, -0.1) is 0 Å².